The molecule has 1 aliphatic heterocycles. The Kier molecular flexibility index (Phi) is 7.25. The minimum atomic E-state index is -0.0755. The van der Waals surface area contributed by atoms with Gasteiger partial charge in [0.1, 0.15) is 0 Å². The fourth-order valence-electron chi connectivity index (χ4n) is 3.03. The van der Waals surface area contributed by atoms with E-state index in [2.05, 4.69) is 29.4 Å². The molecule has 0 atom stereocenters. The lowest BCUT2D eigenvalue weighted by atomic mass is 10.1. The summed E-state index contributed by atoms with van der Waals surface area (Å²) in [6.07, 6.45) is 0.777. The van der Waals surface area contributed by atoms with Gasteiger partial charge in [-0.05, 0) is 30.0 Å². The molecular weight excluding hydrogens is 316 g/mol. The monoisotopic (exact) mass is 346 g/mol. The van der Waals surface area contributed by atoms with Gasteiger partial charge in [-0.25, -0.2) is 4.79 Å². The highest BCUT2D eigenvalue weighted by Gasteiger charge is 2.20. The number of urea groups is 1. The maximum absolute atomic E-state index is 12.2. The average Bonchev–Trinajstić information content (AvgIpc) is 2.56. The number of nitrogens with zero attached hydrogens (tertiary/aromatic N) is 2. The largest absolute Gasteiger partial charge is 0.338 e. The molecule has 0 radical (unpaired) electrons. The normalized spacial score (nSPS) is 15.3. The predicted molar refractivity (Wildman–Crippen MR) is 101 cm³/mol. The Morgan fingerprint density at radius 2 is 1.72 bits per heavy atom. The van der Waals surface area contributed by atoms with Gasteiger partial charge in [-0.15, -0.1) is 0 Å². The molecule has 1 aromatic carbocycles. The summed E-state index contributed by atoms with van der Waals surface area (Å²) in [6.45, 7) is 11.2. The van der Waals surface area contributed by atoms with Crippen LogP contribution in [0.1, 0.15) is 26.3 Å². The van der Waals surface area contributed by atoms with E-state index < -0.39 is 0 Å². The van der Waals surface area contributed by atoms with Crippen molar-refractivity contribution in [3.8, 4) is 0 Å². The molecule has 1 aromatic rings. The van der Waals surface area contributed by atoms with E-state index in [4.69, 9.17) is 0 Å². The number of piperazine rings is 1. The van der Waals surface area contributed by atoms with Crippen LogP contribution in [0.3, 0.4) is 0 Å². The van der Waals surface area contributed by atoms with Gasteiger partial charge in [-0.1, -0.05) is 26.0 Å². The summed E-state index contributed by atoms with van der Waals surface area (Å²) in [5.74, 6) is 0.589. The fourth-order valence-corrected chi connectivity index (χ4v) is 3.03. The molecular formula is C19H30N4O2. The summed E-state index contributed by atoms with van der Waals surface area (Å²) < 4.78 is 0. The molecule has 6 heteroatoms. The van der Waals surface area contributed by atoms with E-state index in [1.165, 1.54) is 6.92 Å². The third-order valence-electron chi connectivity index (χ3n) is 4.25. The molecule has 3 amide bonds. The second-order valence-electron chi connectivity index (χ2n) is 7.04. The number of amides is 3. The third-order valence-corrected chi connectivity index (χ3v) is 4.25. The molecule has 2 N–H and O–H groups in total. The molecule has 0 aromatic heterocycles. The van der Waals surface area contributed by atoms with Crippen molar-refractivity contribution in [1.82, 2.24) is 15.1 Å². The molecule has 25 heavy (non-hydrogen) atoms. The Morgan fingerprint density at radius 3 is 2.28 bits per heavy atom. The molecule has 1 saturated heterocycles. The maximum atomic E-state index is 12.2. The molecule has 1 fully saturated rings. The van der Waals surface area contributed by atoms with Crippen molar-refractivity contribution < 1.29 is 9.59 Å². The summed E-state index contributed by atoms with van der Waals surface area (Å²) in [5, 5.41) is 5.75. The highest BCUT2D eigenvalue weighted by molar-refractivity contribution is 5.88. The van der Waals surface area contributed by atoms with Crippen molar-refractivity contribution in [3.63, 3.8) is 0 Å². The van der Waals surface area contributed by atoms with Crippen molar-refractivity contribution in [1.29, 1.82) is 0 Å². The quantitative estimate of drug-likeness (QED) is 0.830. The molecule has 0 aliphatic carbocycles. The summed E-state index contributed by atoms with van der Waals surface area (Å²) in [6, 6.07) is 7.74. The molecule has 2 rings (SSSR count). The van der Waals surface area contributed by atoms with Crippen LogP contribution in [0.2, 0.25) is 0 Å². The Balaban J connectivity index is 1.68. The topological polar surface area (TPSA) is 64.7 Å². The van der Waals surface area contributed by atoms with E-state index in [0.29, 0.717) is 12.5 Å². The van der Waals surface area contributed by atoms with Crippen LogP contribution in [0.25, 0.3) is 0 Å². The molecule has 138 valence electrons. The fraction of sp³-hybridized carbons (Fsp3) is 0.579. The minimum absolute atomic E-state index is 0.0269. The number of rotatable bonds is 6. The Hall–Kier alpha value is -2.08. The van der Waals surface area contributed by atoms with Gasteiger partial charge in [-0.3, -0.25) is 9.69 Å². The standard InChI is InChI=1S/C19H30N4O2/c1-15(2)14-22-10-12-23(13-11-22)19(25)20-9-8-17-4-6-18(7-5-17)21-16(3)24/h4-7,15H,8-14H2,1-3H3,(H,20,25)(H,21,24). The Labute approximate surface area is 150 Å². The first kappa shape index (κ1) is 19.2. The smallest absolute Gasteiger partial charge is 0.317 e. The van der Waals surface area contributed by atoms with E-state index in [-0.39, 0.29) is 11.9 Å². The van der Waals surface area contributed by atoms with Gasteiger partial charge in [0.25, 0.3) is 0 Å². The van der Waals surface area contributed by atoms with Crippen molar-refractivity contribution in [2.24, 2.45) is 5.92 Å². The van der Waals surface area contributed by atoms with Crippen molar-refractivity contribution >= 4 is 17.6 Å². The van der Waals surface area contributed by atoms with Gasteiger partial charge in [-0.2, -0.15) is 0 Å². The number of benzene rings is 1. The zero-order valence-corrected chi connectivity index (χ0v) is 15.5. The first-order chi connectivity index (χ1) is 11.9. The van der Waals surface area contributed by atoms with Crippen LogP contribution in [-0.4, -0.2) is 61.0 Å². The highest BCUT2D eigenvalue weighted by atomic mass is 16.2. The first-order valence-corrected chi connectivity index (χ1v) is 9.05. The number of carbonyl (C=O) groups is 2. The predicted octanol–water partition coefficient (Wildman–Crippen LogP) is 2.17. The lowest BCUT2D eigenvalue weighted by Crippen LogP contribution is -2.52. The second kappa shape index (κ2) is 9.42. The van der Waals surface area contributed by atoms with Crippen LogP contribution in [0.15, 0.2) is 24.3 Å². The highest BCUT2D eigenvalue weighted by Crippen LogP contribution is 2.10. The van der Waals surface area contributed by atoms with Crippen LogP contribution in [-0.2, 0) is 11.2 Å². The van der Waals surface area contributed by atoms with Crippen molar-refractivity contribution in [2.75, 3.05) is 44.6 Å². The van der Waals surface area contributed by atoms with Crippen LogP contribution in [0, 0.1) is 5.92 Å². The zero-order valence-electron chi connectivity index (χ0n) is 15.5. The van der Waals surface area contributed by atoms with E-state index in [1.807, 2.05) is 29.2 Å². The summed E-state index contributed by atoms with van der Waals surface area (Å²) in [4.78, 5) is 27.6. The molecule has 0 bridgehead atoms. The second-order valence-corrected chi connectivity index (χ2v) is 7.04. The average molecular weight is 346 g/mol. The van der Waals surface area contributed by atoms with Crippen LogP contribution >= 0.6 is 0 Å². The summed E-state index contributed by atoms with van der Waals surface area (Å²) in [5.41, 5.74) is 1.93. The Morgan fingerprint density at radius 1 is 1.08 bits per heavy atom. The first-order valence-electron chi connectivity index (χ1n) is 9.05. The number of carbonyl (C=O) groups excluding carboxylic acids is 2. The van der Waals surface area contributed by atoms with Gasteiger partial charge in [0, 0.05) is 51.9 Å². The molecule has 1 aliphatic rings. The molecule has 1 heterocycles. The van der Waals surface area contributed by atoms with Gasteiger partial charge >= 0.3 is 6.03 Å². The third kappa shape index (κ3) is 6.74. The van der Waals surface area contributed by atoms with Crippen LogP contribution in [0.4, 0.5) is 10.5 Å². The SMILES string of the molecule is CC(=O)Nc1ccc(CCNC(=O)N2CCN(CC(C)C)CC2)cc1. The van der Waals surface area contributed by atoms with Crippen LogP contribution in [0.5, 0.6) is 0 Å². The number of nitrogens with one attached hydrogen (secondary N) is 2. The van der Waals surface area contributed by atoms with Gasteiger partial charge in [0.2, 0.25) is 5.91 Å². The lowest BCUT2D eigenvalue weighted by molar-refractivity contribution is -0.114. The lowest BCUT2D eigenvalue weighted by Gasteiger charge is -2.35. The molecule has 0 saturated carbocycles. The number of hydrogen-bond donors (Lipinski definition) is 2. The molecule has 6 nitrogen and oxygen atoms in total. The zero-order chi connectivity index (χ0) is 18.2. The summed E-state index contributed by atoms with van der Waals surface area (Å²) >= 11 is 0. The van der Waals surface area contributed by atoms with Gasteiger partial charge in [0.15, 0.2) is 0 Å². The van der Waals surface area contributed by atoms with E-state index in [1.54, 1.807) is 0 Å². The maximum Gasteiger partial charge on any atom is 0.317 e. The van der Waals surface area contributed by atoms with Crippen molar-refractivity contribution in [2.45, 2.75) is 27.2 Å². The molecule has 0 spiro atoms. The molecule has 0 unspecified atom stereocenters. The van der Waals surface area contributed by atoms with E-state index in [9.17, 15) is 9.59 Å². The van der Waals surface area contributed by atoms with Gasteiger partial charge < -0.3 is 15.5 Å². The van der Waals surface area contributed by atoms with Crippen molar-refractivity contribution in [3.05, 3.63) is 29.8 Å². The summed E-state index contributed by atoms with van der Waals surface area (Å²) in [7, 11) is 0. The minimum Gasteiger partial charge on any atom is -0.338 e. The number of hydrogen-bond acceptors (Lipinski definition) is 3. The number of anilines is 1. The van der Waals surface area contributed by atoms with E-state index in [0.717, 1.165) is 50.4 Å². The van der Waals surface area contributed by atoms with E-state index >= 15 is 0 Å². The Bertz CT molecular complexity index is 563. The van der Waals surface area contributed by atoms with Crippen LogP contribution < -0.4 is 10.6 Å². The van der Waals surface area contributed by atoms with Gasteiger partial charge in [0.05, 0.1) is 0 Å².